The Balaban J connectivity index is 2.40. The maximum Gasteiger partial charge on any atom is 0.279 e. The van der Waals surface area contributed by atoms with Gasteiger partial charge in [-0.2, -0.15) is 0 Å². The summed E-state index contributed by atoms with van der Waals surface area (Å²) in [7, 11) is 1.80. The Morgan fingerprint density at radius 2 is 1.90 bits per heavy atom. The SMILES string of the molecule is CC(C)NC(=O)C[NH+](C)CC(=O)Nc1cccc(Cl)c1. The predicted molar refractivity (Wildman–Crippen MR) is 80.0 cm³/mol. The molecule has 110 valence electrons. The molecule has 6 heteroatoms. The van der Waals surface area contributed by atoms with Gasteiger partial charge in [0, 0.05) is 16.8 Å². The molecule has 0 saturated carbocycles. The second kappa shape index (κ2) is 7.87. The maximum absolute atomic E-state index is 11.8. The van der Waals surface area contributed by atoms with Gasteiger partial charge in [-0.15, -0.1) is 0 Å². The molecular weight excluding hydrogens is 278 g/mol. The van der Waals surface area contributed by atoms with Crippen LogP contribution < -0.4 is 15.5 Å². The van der Waals surface area contributed by atoms with Crippen molar-refractivity contribution in [3.8, 4) is 0 Å². The van der Waals surface area contributed by atoms with Crippen LogP contribution in [0.1, 0.15) is 13.8 Å². The summed E-state index contributed by atoms with van der Waals surface area (Å²) in [4.78, 5) is 24.2. The number of anilines is 1. The lowest BCUT2D eigenvalue weighted by Gasteiger charge is -2.15. The molecule has 2 amide bonds. The monoisotopic (exact) mass is 298 g/mol. The summed E-state index contributed by atoms with van der Waals surface area (Å²) in [6, 6.07) is 7.07. The van der Waals surface area contributed by atoms with Crippen molar-refractivity contribution in [3.63, 3.8) is 0 Å². The number of quaternary nitrogens is 1. The molecule has 3 N–H and O–H groups in total. The van der Waals surface area contributed by atoms with E-state index in [1.54, 1.807) is 31.3 Å². The smallest absolute Gasteiger partial charge is 0.279 e. The number of carbonyl (C=O) groups is 2. The van der Waals surface area contributed by atoms with Gasteiger partial charge < -0.3 is 15.5 Å². The van der Waals surface area contributed by atoms with Gasteiger partial charge in [-0.05, 0) is 32.0 Å². The quantitative estimate of drug-likeness (QED) is 0.708. The van der Waals surface area contributed by atoms with Crippen LogP contribution in [-0.2, 0) is 9.59 Å². The first kappa shape index (κ1) is 16.5. The first-order valence-corrected chi connectivity index (χ1v) is 6.90. The van der Waals surface area contributed by atoms with Crippen LogP contribution in [0.15, 0.2) is 24.3 Å². The van der Waals surface area contributed by atoms with E-state index in [0.717, 1.165) is 4.90 Å². The number of halogens is 1. The van der Waals surface area contributed by atoms with Gasteiger partial charge in [0.05, 0.1) is 7.05 Å². The summed E-state index contributed by atoms with van der Waals surface area (Å²) in [6.45, 7) is 4.29. The Morgan fingerprint density at radius 1 is 1.25 bits per heavy atom. The van der Waals surface area contributed by atoms with Gasteiger partial charge in [-0.1, -0.05) is 17.7 Å². The lowest BCUT2D eigenvalue weighted by atomic mass is 10.3. The van der Waals surface area contributed by atoms with Crippen molar-refractivity contribution in [2.24, 2.45) is 0 Å². The second-order valence-corrected chi connectivity index (χ2v) is 5.53. The van der Waals surface area contributed by atoms with E-state index in [9.17, 15) is 9.59 Å². The van der Waals surface area contributed by atoms with E-state index in [-0.39, 0.29) is 30.9 Å². The maximum atomic E-state index is 11.8. The zero-order valence-corrected chi connectivity index (χ0v) is 12.8. The minimum atomic E-state index is -0.151. The van der Waals surface area contributed by atoms with Crippen LogP contribution in [0.2, 0.25) is 5.02 Å². The van der Waals surface area contributed by atoms with Gasteiger partial charge in [0.25, 0.3) is 11.8 Å². The molecule has 0 aromatic heterocycles. The largest absolute Gasteiger partial charge is 0.349 e. The summed E-state index contributed by atoms with van der Waals surface area (Å²) in [5.74, 6) is -0.213. The summed E-state index contributed by atoms with van der Waals surface area (Å²) >= 11 is 5.84. The van der Waals surface area contributed by atoms with Crippen LogP contribution in [0.5, 0.6) is 0 Å². The number of amides is 2. The van der Waals surface area contributed by atoms with Crippen molar-refractivity contribution in [1.82, 2.24) is 5.32 Å². The van der Waals surface area contributed by atoms with Crippen molar-refractivity contribution in [2.75, 3.05) is 25.5 Å². The Labute approximate surface area is 124 Å². The van der Waals surface area contributed by atoms with E-state index in [2.05, 4.69) is 10.6 Å². The highest BCUT2D eigenvalue weighted by molar-refractivity contribution is 6.30. The normalized spacial score (nSPS) is 12.1. The van der Waals surface area contributed by atoms with Crippen molar-refractivity contribution < 1.29 is 14.5 Å². The molecule has 0 bridgehead atoms. The molecule has 0 heterocycles. The number of carbonyl (C=O) groups excluding carboxylic acids is 2. The van der Waals surface area contributed by atoms with E-state index < -0.39 is 0 Å². The van der Waals surface area contributed by atoms with Crippen LogP contribution in [0.4, 0.5) is 5.69 Å². The molecule has 1 unspecified atom stereocenters. The molecule has 0 spiro atoms. The number of rotatable bonds is 6. The van der Waals surface area contributed by atoms with Crippen molar-refractivity contribution >= 4 is 29.1 Å². The highest BCUT2D eigenvalue weighted by Crippen LogP contribution is 2.14. The molecule has 0 aliphatic rings. The lowest BCUT2D eigenvalue weighted by Crippen LogP contribution is -3.11. The molecule has 0 fully saturated rings. The molecule has 0 aliphatic heterocycles. The Hall–Kier alpha value is -1.59. The molecule has 1 rings (SSSR count). The molecular formula is C14H21ClN3O2+. The van der Waals surface area contributed by atoms with Gasteiger partial charge in [-0.25, -0.2) is 0 Å². The van der Waals surface area contributed by atoms with Gasteiger partial charge in [0.15, 0.2) is 13.1 Å². The Morgan fingerprint density at radius 3 is 2.50 bits per heavy atom. The highest BCUT2D eigenvalue weighted by atomic mass is 35.5. The van der Waals surface area contributed by atoms with Crippen molar-refractivity contribution in [1.29, 1.82) is 0 Å². The third kappa shape index (κ3) is 6.54. The standard InChI is InChI=1S/C14H20ClN3O2/c1-10(2)16-13(19)8-18(3)9-14(20)17-12-6-4-5-11(15)7-12/h4-7,10H,8-9H2,1-3H3,(H,16,19)(H,17,20)/p+1. The fourth-order valence-electron chi connectivity index (χ4n) is 1.76. The van der Waals surface area contributed by atoms with Crippen LogP contribution in [-0.4, -0.2) is 38.0 Å². The molecule has 0 radical (unpaired) electrons. The third-order valence-electron chi connectivity index (χ3n) is 2.48. The van der Waals surface area contributed by atoms with E-state index in [1.807, 2.05) is 13.8 Å². The fourth-order valence-corrected chi connectivity index (χ4v) is 1.95. The van der Waals surface area contributed by atoms with Gasteiger partial charge in [-0.3, -0.25) is 9.59 Å². The van der Waals surface area contributed by atoms with Gasteiger partial charge in [0.2, 0.25) is 0 Å². The van der Waals surface area contributed by atoms with Crippen LogP contribution in [0.3, 0.4) is 0 Å². The topological polar surface area (TPSA) is 62.6 Å². The summed E-state index contributed by atoms with van der Waals surface area (Å²) in [5.41, 5.74) is 0.655. The number of nitrogens with one attached hydrogen (secondary N) is 3. The third-order valence-corrected chi connectivity index (χ3v) is 2.72. The van der Waals surface area contributed by atoms with Crippen LogP contribution >= 0.6 is 11.6 Å². The number of hydrogen-bond acceptors (Lipinski definition) is 2. The lowest BCUT2D eigenvalue weighted by molar-refractivity contribution is -0.862. The zero-order valence-electron chi connectivity index (χ0n) is 12.0. The zero-order chi connectivity index (χ0) is 15.1. The van der Waals surface area contributed by atoms with E-state index >= 15 is 0 Å². The second-order valence-electron chi connectivity index (χ2n) is 5.09. The average Bonchev–Trinajstić information content (AvgIpc) is 2.26. The average molecular weight is 299 g/mol. The molecule has 0 saturated heterocycles. The molecule has 1 aromatic carbocycles. The summed E-state index contributed by atoms with van der Waals surface area (Å²) in [6.07, 6.45) is 0. The molecule has 20 heavy (non-hydrogen) atoms. The number of hydrogen-bond donors (Lipinski definition) is 3. The number of likely N-dealkylation sites (N-methyl/N-ethyl adjacent to an activating group) is 1. The molecule has 1 atom stereocenters. The van der Waals surface area contributed by atoms with E-state index in [0.29, 0.717) is 10.7 Å². The van der Waals surface area contributed by atoms with Crippen LogP contribution in [0.25, 0.3) is 0 Å². The van der Waals surface area contributed by atoms with Gasteiger partial charge >= 0.3 is 0 Å². The fraction of sp³-hybridized carbons (Fsp3) is 0.429. The minimum absolute atomic E-state index is 0.0620. The molecule has 1 aromatic rings. The summed E-state index contributed by atoms with van der Waals surface area (Å²) < 4.78 is 0. The van der Waals surface area contributed by atoms with Gasteiger partial charge in [0.1, 0.15) is 0 Å². The Kier molecular flexibility index (Phi) is 6.48. The predicted octanol–water partition coefficient (Wildman–Crippen LogP) is 0.318. The highest BCUT2D eigenvalue weighted by Gasteiger charge is 2.14. The Bertz CT molecular complexity index is 477. The van der Waals surface area contributed by atoms with E-state index in [1.165, 1.54) is 0 Å². The van der Waals surface area contributed by atoms with Crippen molar-refractivity contribution in [3.05, 3.63) is 29.3 Å². The first-order valence-electron chi connectivity index (χ1n) is 6.53. The first-order chi connectivity index (χ1) is 9.36. The minimum Gasteiger partial charge on any atom is -0.349 e. The number of benzene rings is 1. The van der Waals surface area contributed by atoms with E-state index in [4.69, 9.17) is 11.6 Å². The van der Waals surface area contributed by atoms with Crippen molar-refractivity contribution in [2.45, 2.75) is 19.9 Å². The summed E-state index contributed by atoms with van der Waals surface area (Å²) in [5, 5.41) is 6.12. The molecule has 0 aliphatic carbocycles. The molecule has 5 nitrogen and oxygen atoms in total. The van der Waals surface area contributed by atoms with Crippen LogP contribution in [0, 0.1) is 0 Å².